The number of fused-ring (bicyclic) bond motifs is 1. The molecule has 3 aromatic rings. The van der Waals surface area contributed by atoms with E-state index >= 15 is 0 Å². The van der Waals surface area contributed by atoms with Crippen LogP contribution < -0.4 is 5.32 Å². The molecule has 0 amide bonds. The minimum absolute atomic E-state index is 0.205. The van der Waals surface area contributed by atoms with Crippen LogP contribution in [-0.4, -0.2) is 35.6 Å². The minimum Gasteiger partial charge on any atom is -0.424 e. The Bertz CT molecular complexity index is 1100. The van der Waals surface area contributed by atoms with E-state index in [0.29, 0.717) is 17.1 Å². The van der Waals surface area contributed by atoms with Crippen molar-refractivity contribution >= 4 is 33.5 Å². The molecule has 2 aromatic heterocycles. The maximum Gasteiger partial charge on any atom is 0.295 e. The smallest absolute Gasteiger partial charge is 0.295 e. The van der Waals surface area contributed by atoms with E-state index in [-0.39, 0.29) is 5.92 Å². The standard InChI is InChI=1S/C25H29N5OS/c1-18(2)25(17-26,22-9-10-23(27-3)32-22)13-6-14-30-15-11-19(12-16-30)28-24-29-20-7-4-5-8-21(20)31-24/h4-5,7-10,18-19H,6,11-16H2,1-2H3,(H,28,29). The number of para-hydroxylation sites is 2. The number of rotatable bonds is 8. The van der Waals surface area contributed by atoms with E-state index in [9.17, 15) is 5.26 Å². The van der Waals surface area contributed by atoms with Gasteiger partial charge < -0.3 is 14.6 Å². The molecule has 1 fully saturated rings. The molecule has 32 heavy (non-hydrogen) atoms. The van der Waals surface area contributed by atoms with Crippen LogP contribution in [-0.2, 0) is 5.41 Å². The molecular weight excluding hydrogens is 418 g/mol. The Morgan fingerprint density at radius 1 is 1.31 bits per heavy atom. The Labute approximate surface area is 193 Å². The van der Waals surface area contributed by atoms with Gasteiger partial charge in [-0.15, -0.1) is 0 Å². The third-order valence-corrected chi connectivity index (χ3v) is 7.74. The van der Waals surface area contributed by atoms with Crippen molar-refractivity contribution in [3.8, 4) is 6.07 Å². The first-order valence-corrected chi connectivity index (χ1v) is 12.1. The molecule has 166 valence electrons. The quantitative estimate of drug-likeness (QED) is 0.416. The Hall–Kier alpha value is -2.87. The fourth-order valence-corrected chi connectivity index (χ4v) is 5.66. The van der Waals surface area contributed by atoms with E-state index in [2.05, 4.69) is 40.0 Å². The number of nitrogens with zero attached hydrogens (tertiary/aromatic N) is 4. The Morgan fingerprint density at radius 2 is 2.09 bits per heavy atom. The summed E-state index contributed by atoms with van der Waals surface area (Å²) in [4.78, 5) is 11.6. The second-order valence-corrected chi connectivity index (χ2v) is 9.90. The highest BCUT2D eigenvalue weighted by atomic mass is 32.1. The first kappa shape index (κ1) is 22.3. The summed E-state index contributed by atoms with van der Waals surface area (Å²) in [6.07, 6.45) is 3.89. The lowest BCUT2D eigenvalue weighted by Crippen LogP contribution is -2.40. The number of hydrogen-bond acceptors (Lipinski definition) is 6. The third-order valence-electron chi connectivity index (χ3n) is 6.58. The van der Waals surface area contributed by atoms with Crippen molar-refractivity contribution in [2.75, 3.05) is 25.0 Å². The summed E-state index contributed by atoms with van der Waals surface area (Å²) in [7, 11) is 0. The van der Waals surface area contributed by atoms with E-state index in [4.69, 9.17) is 11.0 Å². The molecule has 0 aliphatic carbocycles. The lowest BCUT2D eigenvalue weighted by Gasteiger charge is -2.34. The zero-order valence-electron chi connectivity index (χ0n) is 18.7. The normalized spacial score (nSPS) is 17.2. The Balaban J connectivity index is 1.28. The predicted molar refractivity (Wildman–Crippen MR) is 129 cm³/mol. The van der Waals surface area contributed by atoms with E-state index in [1.54, 1.807) is 0 Å². The number of nitrogens with one attached hydrogen (secondary N) is 1. The third kappa shape index (κ3) is 4.65. The summed E-state index contributed by atoms with van der Waals surface area (Å²) in [6.45, 7) is 14.5. The summed E-state index contributed by atoms with van der Waals surface area (Å²) in [5.41, 5.74) is 1.18. The average molecular weight is 448 g/mol. The predicted octanol–water partition coefficient (Wildman–Crippen LogP) is 6.21. The number of benzene rings is 1. The second kappa shape index (κ2) is 9.73. The van der Waals surface area contributed by atoms with Gasteiger partial charge in [-0.2, -0.15) is 21.6 Å². The average Bonchev–Trinajstić information content (AvgIpc) is 3.44. The maximum absolute atomic E-state index is 10.1. The highest BCUT2D eigenvalue weighted by Crippen LogP contribution is 2.42. The number of piperidine rings is 1. The van der Waals surface area contributed by atoms with Crippen molar-refractivity contribution in [3.63, 3.8) is 0 Å². The van der Waals surface area contributed by atoms with Crippen LogP contribution in [0.3, 0.4) is 0 Å². The highest BCUT2D eigenvalue weighted by molar-refractivity contribution is 7.16. The second-order valence-electron chi connectivity index (χ2n) is 8.84. The zero-order valence-corrected chi connectivity index (χ0v) is 19.5. The van der Waals surface area contributed by atoms with Crippen LogP contribution in [0.25, 0.3) is 15.9 Å². The zero-order chi connectivity index (χ0) is 22.6. The number of hydrogen-bond donors (Lipinski definition) is 1. The van der Waals surface area contributed by atoms with E-state index in [1.807, 2.05) is 36.4 Å². The molecule has 1 N–H and O–H groups in total. The van der Waals surface area contributed by atoms with E-state index in [1.165, 1.54) is 11.3 Å². The molecule has 1 saturated heterocycles. The molecule has 1 aliphatic rings. The number of thiophene rings is 1. The summed E-state index contributed by atoms with van der Waals surface area (Å²) in [5, 5.41) is 14.2. The fourth-order valence-electron chi connectivity index (χ4n) is 4.56. The summed E-state index contributed by atoms with van der Waals surface area (Å²) < 4.78 is 5.80. The molecule has 1 aromatic carbocycles. The van der Waals surface area contributed by atoms with Crippen molar-refractivity contribution in [3.05, 3.63) is 52.7 Å². The van der Waals surface area contributed by atoms with Gasteiger partial charge in [0, 0.05) is 24.0 Å². The highest BCUT2D eigenvalue weighted by Gasteiger charge is 2.37. The van der Waals surface area contributed by atoms with Crippen LogP contribution in [0.4, 0.5) is 11.0 Å². The molecule has 1 unspecified atom stereocenters. The first-order valence-electron chi connectivity index (χ1n) is 11.3. The SMILES string of the molecule is [C-]#[N+]c1ccc(C(C#N)(CCCN2CCC(Nc3nc4ccccc4o3)CC2)C(C)C)s1. The molecule has 0 spiro atoms. The van der Waals surface area contributed by atoms with Crippen LogP contribution in [0.1, 0.15) is 44.4 Å². The van der Waals surface area contributed by atoms with Crippen LogP contribution in [0.15, 0.2) is 40.8 Å². The number of aromatic nitrogens is 1. The van der Waals surface area contributed by atoms with Gasteiger partial charge in [0.2, 0.25) is 5.00 Å². The number of likely N-dealkylation sites (tertiary alicyclic amines) is 1. The number of anilines is 1. The topological polar surface area (TPSA) is 69.5 Å². The van der Waals surface area contributed by atoms with Crippen LogP contribution >= 0.6 is 11.3 Å². The lowest BCUT2D eigenvalue weighted by molar-refractivity contribution is 0.206. The molecule has 0 bridgehead atoms. The number of oxazole rings is 1. The van der Waals surface area contributed by atoms with Crippen molar-refractivity contribution in [1.82, 2.24) is 9.88 Å². The lowest BCUT2D eigenvalue weighted by atomic mass is 9.73. The Morgan fingerprint density at radius 3 is 2.75 bits per heavy atom. The molecule has 3 heterocycles. The van der Waals surface area contributed by atoms with E-state index < -0.39 is 5.41 Å². The Kier molecular flexibility index (Phi) is 6.79. The molecule has 4 rings (SSSR count). The molecule has 1 aliphatic heterocycles. The summed E-state index contributed by atoms with van der Waals surface area (Å²) in [5.74, 6) is 0.205. The molecule has 7 heteroatoms. The van der Waals surface area contributed by atoms with Gasteiger partial charge in [0.15, 0.2) is 5.58 Å². The summed E-state index contributed by atoms with van der Waals surface area (Å²) in [6, 6.07) is 15.2. The fraction of sp³-hybridized carbons (Fsp3) is 0.480. The van der Waals surface area contributed by atoms with Gasteiger partial charge in [-0.1, -0.05) is 32.0 Å². The van der Waals surface area contributed by atoms with Crippen LogP contribution in [0.5, 0.6) is 0 Å². The van der Waals surface area contributed by atoms with Gasteiger partial charge in [0.25, 0.3) is 6.01 Å². The number of nitriles is 1. The van der Waals surface area contributed by atoms with Crippen molar-refractivity contribution < 1.29 is 4.42 Å². The molecule has 1 atom stereocenters. The van der Waals surface area contributed by atoms with E-state index in [0.717, 1.165) is 61.3 Å². The van der Waals surface area contributed by atoms with Crippen molar-refractivity contribution in [2.24, 2.45) is 5.92 Å². The van der Waals surface area contributed by atoms with Crippen molar-refractivity contribution in [2.45, 2.75) is 51.0 Å². The van der Waals surface area contributed by atoms with Crippen LogP contribution in [0.2, 0.25) is 0 Å². The molecule has 0 radical (unpaired) electrons. The molecular formula is C25H29N5OS. The summed E-state index contributed by atoms with van der Waals surface area (Å²) >= 11 is 1.47. The van der Waals surface area contributed by atoms with Crippen molar-refractivity contribution in [1.29, 1.82) is 5.26 Å². The largest absolute Gasteiger partial charge is 0.424 e. The van der Waals surface area contributed by atoms with Gasteiger partial charge in [0.1, 0.15) is 5.52 Å². The van der Waals surface area contributed by atoms with Gasteiger partial charge in [-0.3, -0.25) is 0 Å². The van der Waals surface area contributed by atoms with Gasteiger partial charge in [-0.25, -0.2) is 4.85 Å². The maximum atomic E-state index is 10.1. The van der Waals surface area contributed by atoms with Gasteiger partial charge >= 0.3 is 0 Å². The van der Waals surface area contributed by atoms with Gasteiger partial charge in [0.05, 0.1) is 18.1 Å². The van der Waals surface area contributed by atoms with Gasteiger partial charge in [-0.05, 0) is 56.3 Å². The molecule has 0 saturated carbocycles. The minimum atomic E-state index is -0.513. The first-order chi connectivity index (χ1) is 15.5. The van der Waals surface area contributed by atoms with Crippen LogP contribution in [0, 0.1) is 23.8 Å². The monoisotopic (exact) mass is 447 g/mol. The molecule has 6 nitrogen and oxygen atoms in total.